The summed E-state index contributed by atoms with van der Waals surface area (Å²) in [4.78, 5) is 0. The van der Waals surface area contributed by atoms with Gasteiger partial charge in [-0.1, -0.05) is 40.3 Å². The van der Waals surface area contributed by atoms with E-state index in [1.165, 1.54) is 36.0 Å². The van der Waals surface area contributed by atoms with Crippen LogP contribution in [0, 0.1) is 20.8 Å². The minimum atomic E-state index is 0.586. The second-order valence-corrected chi connectivity index (χ2v) is 8.02. The maximum absolute atomic E-state index is 2.66. The quantitative estimate of drug-likeness (QED) is 0.538. The molecule has 0 saturated heterocycles. The number of halogens is 1. The van der Waals surface area contributed by atoms with Crippen molar-refractivity contribution in [2.45, 2.75) is 48.9 Å². The lowest BCUT2D eigenvalue weighted by Crippen LogP contribution is -2.66. The lowest BCUT2D eigenvalue weighted by Gasteiger charge is -2.69. The third-order valence-corrected chi connectivity index (χ3v) is 5.32. The summed E-state index contributed by atoms with van der Waals surface area (Å²) in [6, 6.07) is 4.70. The Kier molecular flexibility index (Phi) is 1.88. The maximum Gasteiger partial charge on any atom is 0.0247 e. The third-order valence-electron chi connectivity index (χ3n) is 4.17. The fraction of sp³-hybridized carbons (Fsp3) is 0.571. The van der Waals surface area contributed by atoms with Crippen molar-refractivity contribution in [3.8, 4) is 0 Å². The summed E-state index contributed by atoms with van der Waals surface area (Å²) in [5.41, 5.74) is 6.70. The van der Waals surface area contributed by atoms with Gasteiger partial charge in [0.05, 0.1) is 0 Å². The molecule has 4 rings (SSSR count). The molecule has 3 aliphatic carbocycles. The first-order valence-electron chi connectivity index (χ1n) is 5.72. The van der Waals surface area contributed by atoms with Crippen LogP contribution < -0.4 is 0 Å². The van der Waals surface area contributed by atoms with Crippen molar-refractivity contribution in [3.05, 3.63) is 34.4 Å². The average molecular weight is 312 g/mol. The lowest BCUT2D eigenvalue weighted by molar-refractivity contribution is 0.0209. The van der Waals surface area contributed by atoms with Gasteiger partial charge in [-0.15, -0.1) is 0 Å². The number of aryl methyl sites for hydroxylation is 3. The maximum atomic E-state index is 2.66. The molecule has 1 heteroatoms. The molecule has 3 aliphatic rings. The van der Waals surface area contributed by atoms with Gasteiger partial charge in [0.2, 0.25) is 0 Å². The van der Waals surface area contributed by atoms with E-state index < -0.39 is 0 Å². The Bertz CT molecular complexity index is 402. The van der Waals surface area contributed by atoms with Crippen LogP contribution in [0.4, 0.5) is 0 Å². The standard InChI is InChI=1S/C14H17I/c1-9-4-10(2)12(11(3)5-9)13-6-14(15,7-13)8-13/h4-5H,6-8H2,1-3H3. The first kappa shape index (κ1) is 10.1. The van der Waals surface area contributed by atoms with Gasteiger partial charge in [0.25, 0.3) is 0 Å². The van der Waals surface area contributed by atoms with Gasteiger partial charge in [0.15, 0.2) is 0 Å². The van der Waals surface area contributed by atoms with Crippen molar-refractivity contribution in [2.75, 3.05) is 0 Å². The molecule has 0 radical (unpaired) electrons. The van der Waals surface area contributed by atoms with Crippen LogP contribution in [0.2, 0.25) is 0 Å². The van der Waals surface area contributed by atoms with Crippen LogP contribution in [0.15, 0.2) is 12.1 Å². The summed E-state index contributed by atoms with van der Waals surface area (Å²) in [7, 11) is 0. The number of alkyl halides is 1. The van der Waals surface area contributed by atoms with Gasteiger partial charge in [-0.2, -0.15) is 0 Å². The zero-order valence-corrected chi connectivity index (χ0v) is 11.8. The number of hydrogen-bond donors (Lipinski definition) is 0. The van der Waals surface area contributed by atoms with Crippen LogP contribution in [0.25, 0.3) is 0 Å². The summed E-state index contributed by atoms with van der Waals surface area (Å²) in [5, 5.41) is 0. The second-order valence-electron chi connectivity index (χ2n) is 5.74. The first-order chi connectivity index (χ1) is 6.94. The van der Waals surface area contributed by atoms with Crippen molar-refractivity contribution in [1.82, 2.24) is 0 Å². The first-order valence-corrected chi connectivity index (χ1v) is 6.79. The Labute approximate surface area is 106 Å². The largest absolute Gasteiger partial charge is 0.0788 e. The van der Waals surface area contributed by atoms with Crippen LogP contribution in [-0.4, -0.2) is 3.42 Å². The molecule has 0 aromatic heterocycles. The molecule has 0 amide bonds. The van der Waals surface area contributed by atoms with Gasteiger partial charge < -0.3 is 0 Å². The van der Waals surface area contributed by atoms with Crippen molar-refractivity contribution in [2.24, 2.45) is 0 Å². The Morgan fingerprint density at radius 1 is 1.00 bits per heavy atom. The van der Waals surface area contributed by atoms with Crippen LogP contribution in [0.1, 0.15) is 41.5 Å². The fourth-order valence-electron chi connectivity index (χ4n) is 3.95. The average Bonchev–Trinajstić information content (AvgIpc) is 1.96. The molecular weight excluding hydrogens is 295 g/mol. The summed E-state index contributed by atoms with van der Waals surface area (Å²) >= 11 is 2.66. The van der Waals surface area contributed by atoms with Crippen molar-refractivity contribution in [3.63, 3.8) is 0 Å². The van der Waals surface area contributed by atoms with Gasteiger partial charge in [-0.05, 0) is 62.1 Å². The van der Waals surface area contributed by atoms with Crippen LogP contribution in [0.3, 0.4) is 0 Å². The highest BCUT2D eigenvalue weighted by atomic mass is 127. The molecule has 1 aromatic carbocycles. The van der Waals surface area contributed by atoms with Crippen molar-refractivity contribution in [1.29, 1.82) is 0 Å². The zero-order valence-electron chi connectivity index (χ0n) is 9.65. The van der Waals surface area contributed by atoms with Crippen LogP contribution >= 0.6 is 22.6 Å². The Morgan fingerprint density at radius 3 is 1.87 bits per heavy atom. The second kappa shape index (κ2) is 2.79. The van der Waals surface area contributed by atoms with E-state index in [1.807, 2.05) is 0 Å². The topological polar surface area (TPSA) is 0 Å². The number of rotatable bonds is 1. The van der Waals surface area contributed by atoms with E-state index >= 15 is 0 Å². The van der Waals surface area contributed by atoms with Gasteiger partial charge in [-0.25, -0.2) is 0 Å². The summed E-state index contributed by atoms with van der Waals surface area (Å²) in [6.45, 7) is 6.77. The molecule has 1 aromatic rings. The highest BCUT2D eigenvalue weighted by Gasteiger charge is 2.67. The smallest absolute Gasteiger partial charge is 0.0247 e. The van der Waals surface area contributed by atoms with Gasteiger partial charge in [0.1, 0.15) is 0 Å². The van der Waals surface area contributed by atoms with Crippen LogP contribution in [-0.2, 0) is 5.41 Å². The van der Waals surface area contributed by atoms with Crippen molar-refractivity contribution < 1.29 is 0 Å². The van der Waals surface area contributed by atoms with E-state index in [2.05, 4.69) is 55.5 Å². The molecule has 3 fully saturated rings. The lowest BCUT2D eigenvalue weighted by atomic mass is 9.41. The Hall–Kier alpha value is -0.0500. The van der Waals surface area contributed by atoms with E-state index in [9.17, 15) is 0 Å². The Balaban J connectivity index is 2.06. The molecule has 0 nitrogen and oxygen atoms in total. The van der Waals surface area contributed by atoms with E-state index in [1.54, 1.807) is 5.56 Å². The molecule has 80 valence electrons. The molecule has 0 N–H and O–H groups in total. The normalized spacial score (nSPS) is 37.1. The van der Waals surface area contributed by atoms with Gasteiger partial charge in [0, 0.05) is 3.42 Å². The van der Waals surface area contributed by atoms with Gasteiger partial charge in [-0.3, -0.25) is 0 Å². The molecule has 3 saturated carbocycles. The predicted molar refractivity (Wildman–Crippen MR) is 72.9 cm³/mol. The number of hydrogen-bond acceptors (Lipinski definition) is 0. The van der Waals surface area contributed by atoms with E-state index in [0.29, 0.717) is 8.84 Å². The van der Waals surface area contributed by atoms with Crippen molar-refractivity contribution >= 4 is 22.6 Å². The highest BCUT2D eigenvalue weighted by molar-refractivity contribution is 14.1. The summed E-state index contributed by atoms with van der Waals surface area (Å²) in [6.07, 6.45) is 4.27. The van der Waals surface area contributed by atoms with E-state index in [-0.39, 0.29) is 0 Å². The monoisotopic (exact) mass is 312 g/mol. The molecule has 0 spiro atoms. The Morgan fingerprint density at radius 2 is 1.47 bits per heavy atom. The summed E-state index contributed by atoms with van der Waals surface area (Å²) < 4.78 is 0.682. The van der Waals surface area contributed by atoms with Gasteiger partial charge >= 0.3 is 0 Å². The molecule has 0 unspecified atom stereocenters. The van der Waals surface area contributed by atoms with Crippen LogP contribution in [0.5, 0.6) is 0 Å². The number of benzene rings is 1. The fourth-order valence-corrected chi connectivity index (χ4v) is 6.14. The molecule has 0 heterocycles. The molecule has 0 atom stereocenters. The minimum absolute atomic E-state index is 0.586. The predicted octanol–water partition coefficient (Wildman–Crippen LogP) is 4.22. The molecule has 2 bridgehead atoms. The molecular formula is C14H17I. The highest BCUT2D eigenvalue weighted by Crippen LogP contribution is 2.73. The zero-order chi connectivity index (χ0) is 10.8. The van der Waals surface area contributed by atoms with E-state index in [4.69, 9.17) is 0 Å². The molecule has 0 aliphatic heterocycles. The third kappa shape index (κ3) is 1.25. The SMILES string of the molecule is Cc1cc(C)c(C23CC(I)(C2)C3)c(C)c1. The minimum Gasteiger partial charge on any atom is -0.0788 e. The molecule has 15 heavy (non-hydrogen) atoms. The summed E-state index contributed by atoms with van der Waals surface area (Å²) in [5.74, 6) is 0. The van der Waals surface area contributed by atoms with E-state index in [0.717, 1.165) is 0 Å².